The number of nitrogens with zero attached hydrogens (tertiary/aromatic N) is 2. The van der Waals surface area contributed by atoms with Gasteiger partial charge in [-0.15, -0.1) is 0 Å². The number of carbonyl (C=O) groups is 1. The smallest absolute Gasteiger partial charge is 0.240 e. The molecule has 1 aliphatic heterocycles. The van der Waals surface area contributed by atoms with Crippen LogP contribution < -0.4 is 11.1 Å². The molecule has 5 rings (SSSR count). The second-order valence-corrected chi connectivity index (χ2v) is 13.4. The third kappa shape index (κ3) is 8.16. The average molecular weight is 679 g/mol. The summed E-state index contributed by atoms with van der Waals surface area (Å²) in [6.07, 6.45) is 9.47. The van der Waals surface area contributed by atoms with E-state index >= 15 is 0 Å². The van der Waals surface area contributed by atoms with Gasteiger partial charge in [0.05, 0.1) is 23.8 Å². The summed E-state index contributed by atoms with van der Waals surface area (Å²) in [5, 5.41) is 4.59. The first-order valence-electron chi connectivity index (χ1n) is 16.0. The Morgan fingerprint density at radius 1 is 1.11 bits per heavy atom. The van der Waals surface area contributed by atoms with E-state index in [0.717, 1.165) is 51.9 Å². The molecule has 0 aliphatic carbocycles. The van der Waals surface area contributed by atoms with Crippen molar-refractivity contribution in [2.75, 3.05) is 6.54 Å². The van der Waals surface area contributed by atoms with Crippen molar-refractivity contribution in [3.05, 3.63) is 129 Å². The standard InChI is InChI=1S/C39H44BrN5O/c1-5-29(32-14-7-6-12-27(32)2)24-35(44-38(46)39(3,4)41)36-17-11-23-42-37(45(36)26-28-19-21-31(40)22-20-28)18-10-13-30-25-43-34-16-9-8-15-33(30)34/h5-9,11-12,14-16,19-22,25,35,43H,10,13,18,23-24,26,41H2,1-4H3,(H,44,46)/b29-5-/t35-/m1/s1. The van der Waals surface area contributed by atoms with Crippen molar-refractivity contribution >= 4 is 44.1 Å². The van der Waals surface area contributed by atoms with Crippen molar-refractivity contribution in [3.8, 4) is 0 Å². The van der Waals surface area contributed by atoms with Crippen LogP contribution in [-0.2, 0) is 17.8 Å². The molecular formula is C39H44BrN5O. The number of aromatic nitrogens is 1. The molecule has 1 aromatic heterocycles. The molecule has 1 amide bonds. The number of nitrogens with one attached hydrogen (secondary N) is 2. The third-order valence-electron chi connectivity index (χ3n) is 8.48. The van der Waals surface area contributed by atoms with Crippen LogP contribution in [0.25, 0.3) is 16.5 Å². The molecule has 6 nitrogen and oxygen atoms in total. The number of para-hydroxylation sites is 1. The van der Waals surface area contributed by atoms with E-state index in [9.17, 15) is 4.79 Å². The number of benzene rings is 3. The second-order valence-electron chi connectivity index (χ2n) is 12.5. The van der Waals surface area contributed by atoms with Crippen molar-refractivity contribution in [2.45, 2.75) is 71.5 Å². The number of aromatic amines is 1. The van der Waals surface area contributed by atoms with E-state index < -0.39 is 5.54 Å². The van der Waals surface area contributed by atoms with Crippen LogP contribution in [0.15, 0.2) is 112 Å². The predicted molar refractivity (Wildman–Crippen MR) is 194 cm³/mol. The summed E-state index contributed by atoms with van der Waals surface area (Å²) < 4.78 is 1.03. The van der Waals surface area contributed by atoms with Crippen LogP contribution in [0.1, 0.15) is 62.3 Å². The minimum Gasteiger partial charge on any atom is -0.361 e. The lowest BCUT2D eigenvalue weighted by molar-refractivity contribution is -0.125. The molecule has 0 fully saturated rings. The summed E-state index contributed by atoms with van der Waals surface area (Å²) >= 11 is 3.58. The van der Waals surface area contributed by atoms with Gasteiger partial charge in [-0.05, 0) is 99.1 Å². The largest absolute Gasteiger partial charge is 0.361 e. The summed E-state index contributed by atoms with van der Waals surface area (Å²) in [5.41, 5.74) is 16.9. The van der Waals surface area contributed by atoms with Crippen LogP contribution in [0.2, 0.25) is 0 Å². The van der Waals surface area contributed by atoms with Crippen LogP contribution in [0.4, 0.5) is 0 Å². The number of amidine groups is 1. The molecule has 7 heteroatoms. The second kappa shape index (κ2) is 15.0. The van der Waals surface area contributed by atoms with Gasteiger partial charge in [-0.1, -0.05) is 82.3 Å². The SMILES string of the molecule is C/C=C(/C[C@@H](NC(=O)C(C)(C)N)C1=C=CCN=C(CCCc2c[nH]c3ccccc23)N1Cc1ccc(Br)cc1)c1ccccc1C. The number of nitrogens with two attached hydrogens (primary N) is 1. The van der Waals surface area contributed by atoms with Gasteiger partial charge in [-0.25, -0.2) is 0 Å². The van der Waals surface area contributed by atoms with E-state index in [1.165, 1.54) is 22.1 Å². The van der Waals surface area contributed by atoms with Crippen LogP contribution in [-0.4, -0.2) is 39.8 Å². The third-order valence-corrected chi connectivity index (χ3v) is 9.01. The normalized spacial score (nSPS) is 14.6. The molecule has 0 unspecified atom stereocenters. The lowest BCUT2D eigenvalue weighted by atomic mass is 9.92. The first-order valence-corrected chi connectivity index (χ1v) is 16.8. The quantitative estimate of drug-likeness (QED) is 0.132. The number of aryl methyl sites for hydroxylation is 2. The highest BCUT2D eigenvalue weighted by atomic mass is 79.9. The Hall–Kier alpha value is -4.16. The number of hydrogen-bond acceptors (Lipinski definition) is 4. The number of amides is 1. The molecule has 238 valence electrons. The molecule has 0 saturated carbocycles. The highest BCUT2D eigenvalue weighted by Crippen LogP contribution is 2.29. The average Bonchev–Trinajstić information content (AvgIpc) is 3.34. The number of allylic oxidation sites excluding steroid dienone is 1. The summed E-state index contributed by atoms with van der Waals surface area (Å²) in [4.78, 5) is 24.2. The molecule has 1 aliphatic rings. The maximum Gasteiger partial charge on any atom is 0.240 e. The van der Waals surface area contributed by atoms with E-state index in [0.29, 0.717) is 19.5 Å². The van der Waals surface area contributed by atoms with Crippen LogP contribution in [0, 0.1) is 6.92 Å². The Balaban J connectivity index is 1.49. The van der Waals surface area contributed by atoms with Crippen molar-refractivity contribution in [2.24, 2.45) is 10.7 Å². The van der Waals surface area contributed by atoms with Gasteiger partial charge in [0, 0.05) is 34.5 Å². The summed E-state index contributed by atoms with van der Waals surface area (Å²) in [6.45, 7) is 8.79. The van der Waals surface area contributed by atoms with Gasteiger partial charge in [-0.3, -0.25) is 9.79 Å². The molecule has 1 atom stereocenters. The Morgan fingerprint density at radius 3 is 2.59 bits per heavy atom. The summed E-state index contributed by atoms with van der Waals surface area (Å²) in [6, 6.07) is 24.8. The molecule has 0 radical (unpaired) electrons. The van der Waals surface area contributed by atoms with Gasteiger partial charge in [0.2, 0.25) is 5.91 Å². The number of aliphatic imine (C=N–C) groups is 1. The minimum atomic E-state index is -1.04. The first kappa shape index (κ1) is 33.2. The zero-order valence-electron chi connectivity index (χ0n) is 27.2. The molecule has 2 heterocycles. The van der Waals surface area contributed by atoms with Crippen molar-refractivity contribution in [1.82, 2.24) is 15.2 Å². The number of rotatable bonds is 12. The Kier molecular flexibility index (Phi) is 10.8. The van der Waals surface area contributed by atoms with Gasteiger partial charge in [0.1, 0.15) is 5.84 Å². The first-order chi connectivity index (χ1) is 22.1. The van der Waals surface area contributed by atoms with E-state index in [1.54, 1.807) is 13.8 Å². The lowest BCUT2D eigenvalue weighted by Crippen LogP contribution is -2.54. The van der Waals surface area contributed by atoms with Gasteiger partial charge in [-0.2, -0.15) is 0 Å². The van der Waals surface area contributed by atoms with Crippen LogP contribution >= 0.6 is 15.9 Å². The number of H-pyrrole nitrogens is 1. The maximum absolute atomic E-state index is 13.5. The molecular weight excluding hydrogens is 634 g/mol. The fraction of sp³-hybridized carbons (Fsp3) is 0.308. The van der Waals surface area contributed by atoms with Gasteiger partial charge < -0.3 is 20.9 Å². The van der Waals surface area contributed by atoms with Gasteiger partial charge in [0.15, 0.2) is 0 Å². The maximum atomic E-state index is 13.5. The summed E-state index contributed by atoms with van der Waals surface area (Å²) in [5.74, 6) is 0.779. The topological polar surface area (TPSA) is 86.5 Å². The van der Waals surface area contributed by atoms with Crippen LogP contribution in [0.5, 0.6) is 0 Å². The Labute approximate surface area is 281 Å². The molecule has 0 saturated heterocycles. The van der Waals surface area contributed by atoms with E-state index in [-0.39, 0.29) is 11.9 Å². The minimum absolute atomic E-state index is 0.210. The summed E-state index contributed by atoms with van der Waals surface area (Å²) in [7, 11) is 0. The molecule has 0 spiro atoms. The van der Waals surface area contributed by atoms with E-state index in [1.807, 2.05) is 6.08 Å². The van der Waals surface area contributed by atoms with Crippen molar-refractivity contribution < 1.29 is 4.79 Å². The zero-order valence-corrected chi connectivity index (χ0v) is 28.8. The molecule has 46 heavy (non-hydrogen) atoms. The van der Waals surface area contributed by atoms with Crippen molar-refractivity contribution in [1.29, 1.82) is 0 Å². The Bertz CT molecular complexity index is 1800. The number of fused-ring (bicyclic) bond motifs is 1. The fourth-order valence-corrected chi connectivity index (χ4v) is 6.19. The molecule has 4 aromatic rings. The monoisotopic (exact) mass is 677 g/mol. The van der Waals surface area contributed by atoms with Crippen LogP contribution in [0.3, 0.4) is 0 Å². The highest BCUT2D eigenvalue weighted by molar-refractivity contribution is 9.10. The van der Waals surface area contributed by atoms with E-state index in [2.05, 4.69) is 136 Å². The van der Waals surface area contributed by atoms with Crippen molar-refractivity contribution in [3.63, 3.8) is 0 Å². The highest BCUT2D eigenvalue weighted by Gasteiger charge is 2.31. The molecule has 4 N–H and O–H groups in total. The van der Waals surface area contributed by atoms with Gasteiger partial charge in [0.25, 0.3) is 0 Å². The molecule has 0 bridgehead atoms. The van der Waals surface area contributed by atoms with Gasteiger partial charge >= 0.3 is 0 Å². The Morgan fingerprint density at radius 2 is 1.85 bits per heavy atom. The number of hydrogen-bond donors (Lipinski definition) is 3. The zero-order chi connectivity index (χ0) is 32.7. The number of halogens is 1. The number of carbonyl (C=O) groups excluding carboxylic acids is 1. The lowest BCUT2D eigenvalue weighted by Gasteiger charge is -2.34. The molecule has 3 aromatic carbocycles. The predicted octanol–water partition coefficient (Wildman–Crippen LogP) is 8.23. The fourth-order valence-electron chi connectivity index (χ4n) is 5.93. The van der Waals surface area contributed by atoms with E-state index in [4.69, 9.17) is 10.7 Å².